The number of aromatic nitrogens is 3. The number of amides is 4. The van der Waals surface area contributed by atoms with Crippen LogP contribution in [0.15, 0.2) is 77.8 Å². The second kappa shape index (κ2) is 12.4. The predicted octanol–water partition coefficient (Wildman–Crippen LogP) is 4.48. The number of carbonyl (C=O) groups excluding carboxylic acids is 4. The Bertz CT molecular complexity index is 2080. The van der Waals surface area contributed by atoms with E-state index >= 15 is 0 Å². The van der Waals surface area contributed by atoms with Gasteiger partial charge in [-0.25, -0.2) is 9.67 Å². The molecule has 0 aliphatic carbocycles. The minimum atomic E-state index is -0.318. The molecule has 0 radical (unpaired) electrons. The predicted molar refractivity (Wildman–Crippen MR) is 181 cm³/mol. The van der Waals surface area contributed by atoms with E-state index in [0.717, 1.165) is 34.8 Å². The summed E-state index contributed by atoms with van der Waals surface area (Å²) in [5, 5.41) is 7.25. The van der Waals surface area contributed by atoms with Crippen LogP contribution in [-0.4, -0.2) is 111 Å². The van der Waals surface area contributed by atoms with E-state index in [1.165, 1.54) is 16.1 Å². The Morgan fingerprint density at radius 2 is 1.19 bits per heavy atom. The minimum absolute atomic E-state index is 0.261. The molecule has 0 fully saturated rings. The van der Waals surface area contributed by atoms with Crippen molar-refractivity contribution in [2.24, 2.45) is 0 Å². The topological polar surface area (TPSA) is 112 Å². The average molecular weight is 695 g/mol. The molecule has 12 heteroatoms. The zero-order chi connectivity index (χ0) is 32.8. The van der Waals surface area contributed by atoms with Crippen LogP contribution in [0.2, 0.25) is 0 Å². The Labute approximate surface area is 279 Å². The summed E-state index contributed by atoms with van der Waals surface area (Å²) in [7, 11) is 3.94. The minimum Gasteiger partial charge on any atom is -0.305 e. The average Bonchev–Trinajstić information content (AvgIpc) is 3.61. The number of hydrogen-bond donors (Lipinski definition) is 0. The fourth-order valence-corrected chi connectivity index (χ4v) is 6.99. The molecule has 7 rings (SSSR count). The van der Waals surface area contributed by atoms with Crippen LogP contribution in [-0.2, 0) is 0 Å². The van der Waals surface area contributed by atoms with Gasteiger partial charge in [-0.3, -0.25) is 29.0 Å². The van der Waals surface area contributed by atoms with Gasteiger partial charge in [0.1, 0.15) is 12.7 Å². The van der Waals surface area contributed by atoms with Gasteiger partial charge in [-0.2, -0.15) is 5.10 Å². The van der Waals surface area contributed by atoms with Crippen molar-refractivity contribution in [2.75, 3.05) is 53.4 Å². The van der Waals surface area contributed by atoms with E-state index in [-0.39, 0.29) is 30.2 Å². The number of carbonyl (C=O) groups is 4. The van der Waals surface area contributed by atoms with Gasteiger partial charge in [0.25, 0.3) is 23.6 Å². The molecule has 2 aliphatic heterocycles. The standard InChI is InChI=1S/C35H32BrN7O4/c1-39(12-14-41-32(44)26-8-3-6-22-16-24(36)18-28(30(22)26)34(41)46)10-5-11-40(2)13-15-42-33(45)27-9-4-7-23-17-25(43-21-37-20-38-43)19-29(31(23)27)35(42)47/h3-4,6-9,16-21H,5,10-15H2,1-2H3. The largest absolute Gasteiger partial charge is 0.305 e. The van der Waals surface area contributed by atoms with E-state index in [4.69, 9.17) is 0 Å². The summed E-state index contributed by atoms with van der Waals surface area (Å²) in [4.78, 5) is 64.5. The number of halogens is 1. The van der Waals surface area contributed by atoms with E-state index in [9.17, 15) is 19.2 Å². The van der Waals surface area contributed by atoms with Crippen molar-refractivity contribution in [3.05, 3.63) is 100 Å². The molecule has 0 spiro atoms. The molecule has 238 valence electrons. The van der Waals surface area contributed by atoms with Crippen LogP contribution < -0.4 is 0 Å². The van der Waals surface area contributed by atoms with Gasteiger partial charge in [0.15, 0.2) is 0 Å². The van der Waals surface area contributed by atoms with Gasteiger partial charge in [0.05, 0.1) is 11.3 Å². The SMILES string of the molecule is CN(CCCN(C)CCN1C(=O)c2cccc3cc(-n4cncn4)cc(c23)C1=O)CCN1C(=O)c2cccc3cc(Br)cc(c23)C1=O. The van der Waals surface area contributed by atoms with Gasteiger partial charge < -0.3 is 9.80 Å². The van der Waals surface area contributed by atoms with Crippen LogP contribution in [0.25, 0.3) is 27.2 Å². The first-order valence-electron chi connectivity index (χ1n) is 15.4. The van der Waals surface area contributed by atoms with E-state index in [1.54, 1.807) is 35.3 Å². The maximum absolute atomic E-state index is 13.6. The number of nitrogens with zero attached hydrogens (tertiary/aromatic N) is 7. The van der Waals surface area contributed by atoms with E-state index in [2.05, 4.69) is 35.8 Å². The highest BCUT2D eigenvalue weighted by Crippen LogP contribution is 2.34. The van der Waals surface area contributed by atoms with Gasteiger partial charge in [0.2, 0.25) is 0 Å². The van der Waals surface area contributed by atoms with Crippen LogP contribution in [0.4, 0.5) is 0 Å². The van der Waals surface area contributed by atoms with Crippen molar-refractivity contribution in [3.63, 3.8) is 0 Å². The molecule has 5 aromatic rings. The lowest BCUT2D eigenvalue weighted by Crippen LogP contribution is -2.45. The van der Waals surface area contributed by atoms with E-state index in [1.807, 2.05) is 50.5 Å². The monoisotopic (exact) mass is 693 g/mol. The van der Waals surface area contributed by atoms with Gasteiger partial charge in [-0.15, -0.1) is 0 Å². The maximum Gasteiger partial charge on any atom is 0.261 e. The van der Waals surface area contributed by atoms with Crippen molar-refractivity contribution in [1.29, 1.82) is 0 Å². The lowest BCUT2D eigenvalue weighted by Gasteiger charge is -2.30. The summed E-state index contributed by atoms with van der Waals surface area (Å²) < 4.78 is 2.40. The third kappa shape index (κ3) is 5.62. The molecule has 0 atom stereocenters. The number of likely N-dealkylation sites (N-methyl/N-ethyl adjacent to an activating group) is 2. The van der Waals surface area contributed by atoms with E-state index in [0.29, 0.717) is 58.3 Å². The van der Waals surface area contributed by atoms with E-state index < -0.39 is 0 Å². The molecule has 1 aromatic heterocycles. The molecule has 0 bridgehead atoms. The van der Waals surface area contributed by atoms with Gasteiger partial charge in [-0.1, -0.05) is 40.2 Å². The van der Waals surface area contributed by atoms with Crippen LogP contribution in [0, 0.1) is 0 Å². The Morgan fingerprint density at radius 1 is 0.660 bits per heavy atom. The smallest absolute Gasteiger partial charge is 0.261 e. The molecule has 4 aromatic carbocycles. The molecule has 0 saturated carbocycles. The summed E-state index contributed by atoms with van der Waals surface area (Å²) in [6.45, 7) is 3.11. The molecule has 0 N–H and O–H groups in total. The van der Waals surface area contributed by atoms with Crippen molar-refractivity contribution in [3.8, 4) is 5.69 Å². The normalized spacial score (nSPS) is 14.5. The summed E-state index contributed by atoms with van der Waals surface area (Å²) in [6.07, 6.45) is 3.84. The Balaban J connectivity index is 0.929. The summed E-state index contributed by atoms with van der Waals surface area (Å²) in [5.74, 6) is -1.15. The van der Waals surface area contributed by atoms with Crippen LogP contribution in [0.3, 0.4) is 0 Å². The lowest BCUT2D eigenvalue weighted by atomic mass is 9.93. The van der Waals surface area contributed by atoms with Gasteiger partial charge in [0, 0.05) is 58.1 Å². The first kappa shape index (κ1) is 30.9. The van der Waals surface area contributed by atoms with Crippen molar-refractivity contribution in [2.45, 2.75) is 6.42 Å². The first-order valence-corrected chi connectivity index (χ1v) is 16.2. The van der Waals surface area contributed by atoms with Crippen molar-refractivity contribution < 1.29 is 19.2 Å². The Hall–Kier alpha value is -4.78. The number of rotatable bonds is 11. The zero-order valence-corrected chi connectivity index (χ0v) is 27.6. The molecule has 3 heterocycles. The van der Waals surface area contributed by atoms with Crippen molar-refractivity contribution >= 4 is 61.1 Å². The first-order chi connectivity index (χ1) is 22.7. The second-order valence-electron chi connectivity index (χ2n) is 12.1. The highest BCUT2D eigenvalue weighted by molar-refractivity contribution is 9.10. The van der Waals surface area contributed by atoms with Gasteiger partial charge >= 0.3 is 0 Å². The fraction of sp³-hybridized carbons (Fsp3) is 0.257. The lowest BCUT2D eigenvalue weighted by molar-refractivity contribution is 0.0585. The molecular weight excluding hydrogens is 662 g/mol. The second-order valence-corrected chi connectivity index (χ2v) is 13.0. The summed E-state index contributed by atoms with van der Waals surface area (Å²) in [6, 6.07) is 18.4. The number of imide groups is 2. The highest BCUT2D eigenvalue weighted by atomic mass is 79.9. The Morgan fingerprint density at radius 3 is 1.74 bits per heavy atom. The van der Waals surface area contributed by atoms with Crippen molar-refractivity contribution in [1.82, 2.24) is 34.4 Å². The highest BCUT2D eigenvalue weighted by Gasteiger charge is 2.34. The number of benzene rings is 4. The molecule has 0 saturated heterocycles. The molecule has 2 aliphatic rings. The molecule has 11 nitrogen and oxygen atoms in total. The van der Waals surface area contributed by atoms with Crippen LogP contribution in [0.5, 0.6) is 0 Å². The molecular formula is C35H32BrN7O4. The third-order valence-electron chi connectivity index (χ3n) is 8.98. The summed E-state index contributed by atoms with van der Waals surface area (Å²) >= 11 is 3.49. The summed E-state index contributed by atoms with van der Waals surface area (Å²) in [5.41, 5.74) is 2.79. The Kier molecular flexibility index (Phi) is 8.16. The maximum atomic E-state index is 13.6. The van der Waals surface area contributed by atoms with Gasteiger partial charge in [-0.05, 0) is 80.8 Å². The molecule has 0 unspecified atom stereocenters. The molecule has 47 heavy (non-hydrogen) atoms. The van der Waals surface area contributed by atoms with Crippen LogP contribution >= 0.6 is 15.9 Å². The van der Waals surface area contributed by atoms with Crippen LogP contribution in [0.1, 0.15) is 47.9 Å². The zero-order valence-electron chi connectivity index (χ0n) is 26.0. The fourth-order valence-electron chi connectivity index (χ4n) is 6.52. The quantitative estimate of drug-likeness (QED) is 0.186. The number of hydrogen-bond acceptors (Lipinski definition) is 8. The third-order valence-corrected chi connectivity index (χ3v) is 9.44. The molecule has 4 amide bonds.